The van der Waals surface area contributed by atoms with E-state index in [1.165, 1.54) is 23.6 Å². The van der Waals surface area contributed by atoms with Gasteiger partial charge in [0.25, 0.3) is 0 Å². The minimum absolute atomic E-state index is 0.647. The van der Waals surface area contributed by atoms with E-state index in [0.717, 1.165) is 17.0 Å². The van der Waals surface area contributed by atoms with E-state index in [-0.39, 0.29) is 0 Å². The average Bonchev–Trinajstić information content (AvgIpc) is 2.84. The van der Waals surface area contributed by atoms with Gasteiger partial charge in [0, 0.05) is 29.6 Å². The normalized spacial score (nSPS) is 19.6. The summed E-state index contributed by atoms with van der Waals surface area (Å²) < 4.78 is 0. The van der Waals surface area contributed by atoms with Gasteiger partial charge in [-0.25, -0.2) is 0 Å². The second-order valence-electron chi connectivity index (χ2n) is 4.44. The van der Waals surface area contributed by atoms with Gasteiger partial charge < -0.3 is 10.6 Å². The average molecular weight is 271 g/mol. The predicted octanol–water partition coefficient (Wildman–Crippen LogP) is 2.78. The van der Waals surface area contributed by atoms with Gasteiger partial charge in [-0.05, 0) is 42.8 Å². The molecule has 0 bridgehead atoms. The first kappa shape index (κ1) is 13.1. The Morgan fingerprint density at radius 2 is 2.35 bits per heavy atom. The minimum Gasteiger partial charge on any atom is -0.371 e. The Bertz CT molecular complexity index is 378. The molecular formula is C13H19ClN2S. The van der Waals surface area contributed by atoms with Gasteiger partial charge in [0.15, 0.2) is 0 Å². The van der Waals surface area contributed by atoms with Crippen LogP contribution < -0.4 is 10.6 Å². The van der Waals surface area contributed by atoms with Gasteiger partial charge in [-0.2, -0.15) is 11.8 Å². The molecule has 17 heavy (non-hydrogen) atoms. The van der Waals surface area contributed by atoms with Crippen molar-refractivity contribution in [2.24, 2.45) is 5.73 Å². The highest BCUT2D eigenvalue weighted by molar-refractivity contribution is 7.99. The van der Waals surface area contributed by atoms with Crippen molar-refractivity contribution in [2.75, 3.05) is 30.0 Å². The molecule has 0 amide bonds. The molecule has 1 saturated heterocycles. The number of halogens is 1. The largest absolute Gasteiger partial charge is 0.371 e. The number of benzene rings is 1. The van der Waals surface area contributed by atoms with Crippen molar-refractivity contribution in [3.63, 3.8) is 0 Å². The minimum atomic E-state index is 0.647. The van der Waals surface area contributed by atoms with E-state index in [0.29, 0.717) is 12.6 Å². The standard InChI is InChI=1S/C13H19ClN2S/c1-16(12-5-7-17-9-12)11-3-2-10(4-6-15)13(14)8-11/h2-3,8,12H,4-7,9,15H2,1H3. The fraction of sp³-hybridized carbons (Fsp3) is 0.538. The Morgan fingerprint density at radius 1 is 1.53 bits per heavy atom. The number of hydrogen-bond acceptors (Lipinski definition) is 3. The topological polar surface area (TPSA) is 29.3 Å². The maximum Gasteiger partial charge on any atom is 0.0459 e. The fourth-order valence-corrected chi connectivity index (χ4v) is 3.69. The molecule has 1 heterocycles. The lowest BCUT2D eigenvalue weighted by molar-refractivity contribution is 0.700. The molecule has 1 unspecified atom stereocenters. The lowest BCUT2D eigenvalue weighted by Gasteiger charge is -2.26. The zero-order valence-corrected chi connectivity index (χ0v) is 11.7. The lowest BCUT2D eigenvalue weighted by Crippen LogP contribution is -2.31. The van der Waals surface area contributed by atoms with Crippen molar-refractivity contribution in [3.05, 3.63) is 28.8 Å². The highest BCUT2D eigenvalue weighted by atomic mass is 35.5. The Labute approximate surface area is 113 Å². The molecule has 2 nitrogen and oxygen atoms in total. The van der Waals surface area contributed by atoms with Crippen molar-refractivity contribution in [2.45, 2.75) is 18.9 Å². The van der Waals surface area contributed by atoms with E-state index >= 15 is 0 Å². The number of anilines is 1. The van der Waals surface area contributed by atoms with Crippen molar-refractivity contribution in [1.82, 2.24) is 0 Å². The zero-order valence-electron chi connectivity index (χ0n) is 10.2. The van der Waals surface area contributed by atoms with Gasteiger partial charge in [-0.3, -0.25) is 0 Å². The number of nitrogens with two attached hydrogens (primary N) is 1. The molecular weight excluding hydrogens is 252 g/mol. The fourth-order valence-electron chi connectivity index (χ4n) is 2.15. The summed E-state index contributed by atoms with van der Waals surface area (Å²) in [6.45, 7) is 0.647. The Balaban J connectivity index is 2.12. The van der Waals surface area contributed by atoms with E-state index in [9.17, 15) is 0 Å². The van der Waals surface area contributed by atoms with Gasteiger partial charge in [0.2, 0.25) is 0 Å². The second kappa shape index (κ2) is 5.98. The van der Waals surface area contributed by atoms with Crippen LogP contribution in [0.5, 0.6) is 0 Å². The number of hydrogen-bond donors (Lipinski definition) is 1. The second-order valence-corrected chi connectivity index (χ2v) is 6.00. The number of nitrogens with zero attached hydrogens (tertiary/aromatic N) is 1. The van der Waals surface area contributed by atoms with E-state index in [1.807, 2.05) is 11.8 Å². The molecule has 4 heteroatoms. The van der Waals surface area contributed by atoms with E-state index in [4.69, 9.17) is 17.3 Å². The third kappa shape index (κ3) is 3.09. The molecule has 2 rings (SSSR count). The van der Waals surface area contributed by atoms with Gasteiger partial charge in [0.05, 0.1) is 0 Å². The first-order valence-electron chi connectivity index (χ1n) is 6.01. The lowest BCUT2D eigenvalue weighted by atomic mass is 10.1. The van der Waals surface area contributed by atoms with Crippen LogP contribution >= 0.6 is 23.4 Å². The molecule has 0 saturated carbocycles. The molecule has 1 aliphatic heterocycles. The quantitative estimate of drug-likeness (QED) is 0.912. The monoisotopic (exact) mass is 270 g/mol. The summed E-state index contributed by atoms with van der Waals surface area (Å²) in [5, 5.41) is 0.838. The number of rotatable bonds is 4. The zero-order chi connectivity index (χ0) is 12.3. The van der Waals surface area contributed by atoms with Crippen LogP contribution in [-0.4, -0.2) is 31.1 Å². The molecule has 2 N–H and O–H groups in total. The van der Waals surface area contributed by atoms with Gasteiger partial charge in [-0.1, -0.05) is 17.7 Å². The Morgan fingerprint density at radius 3 is 2.94 bits per heavy atom. The summed E-state index contributed by atoms with van der Waals surface area (Å²) in [6.07, 6.45) is 2.12. The summed E-state index contributed by atoms with van der Waals surface area (Å²) in [7, 11) is 2.16. The van der Waals surface area contributed by atoms with Crippen LogP contribution in [0.3, 0.4) is 0 Å². The maximum absolute atomic E-state index is 6.27. The van der Waals surface area contributed by atoms with Gasteiger partial charge in [-0.15, -0.1) is 0 Å². The smallest absolute Gasteiger partial charge is 0.0459 e. The highest BCUT2D eigenvalue weighted by Gasteiger charge is 2.20. The van der Waals surface area contributed by atoms with Crippen LogP contribution in [0.15, 0.2) is 18.2 Å². The van der Waals surface area contributed by atoms with Crippen LogP contribution in [0.4, 0.5) is 5.69 Å². The van der Waals surface area contributed by atoms with Crippen LogP contribution in [-0.2, 0) is 6.42 Å². The van der Waals surface area contributed by atoms with Gasteiger partial charge in [0.1, 0.15) is 0 Å². The Kier molecular flexibility index (Phi) is 4.60. The molecule has 0 aliphatic carbocycles. The summed E-state index contributed by atoms with van der Waals surface area (Å²) >= 11 is 8.30. The van der Waals surface area contributed by atoms with Crippen LogP contribution in [0.2, 0.25) is 5.02 Å². The Hall–Kier alpha value is -0.380. The van der Waals surface area contributed by atoms with E-state index in [2.05, 4.69) is 30.1 Å². The predicted molar refractivity (Wildman–Crippen MR) is 78.3 cm³/mol. The first-order valence-corrected chi connectivity index (χ1v) is 7.54. The SMILES string of the molecule is CN(c1ccc(CCN)c(Cl)c1)C1CCSC1. The van der Waals surface area contributed by atoms with Crippen LogP contribution in [0, 0.1) is 0 Å². The molecule has 0 spiro atoms. The van der Waals surface area contributed by atoms with Gasteiger partial charge >= 0.3 is 0 Å². The molecule has 1 atom stereocenters. The molecule has 94 valence electrons. The van der Waals surface area contributed by atoms with Crippen molar-refractivity contribution in [3.8, 4) is 0 Å². The third-order valence-corrected chi connectivity index (χ3v) is 4.81. The van der Waals surface area contributed by atoms with E-state index in [1.54, 1.807) is 0 Å². The molecule has 0 radical (unpaired) electrons. The van der Waals surface area contributed by atoms with Crippen molar-refractivity contribution in [1.29, 1.82) is 0 Å². The summed E-state index contributed by atoms with van der Waals surface area (Å²) in [6, 6.07) is 6.97. The third-order valence-electron chi connectivity index (χ3n) is 3.31. The van der Waals surface area contributed by atoms with Crippen LogP contribution in [0.25, 0.3) is 0 Å². The van der Waals surface area contributed by atoms with E-state index < -0.39 is 0 Å². The number of thioether (sulfide) groups is 1. The van der Waals surface area contributed by atoms with Crippen LogP contribution in [0.1, 0.15) is 12.0 Å². The maximum atomic E-state index is 6.27. The molecule has 1 aromatic rings. The molecule has 1 aliphatic rings. The molecule has 1 aromatic carbocycles. The molecule has 1 fully saturated rings. The summed E-state index contributed by atoms with van der Waals surface area (Å²) in [5.41, 5.74) is 7.91. The summed E-state index contributed by atoms with van der Waals surface area (Å²) in [5.74, 6) is 2.49. The summed E-state index contributed by atoms with van der Waals surface area (Å²) in [4.78, 5) is 2.35. The van der Waals surface area contributed by atoms with Crippen molar-refractivity contribution >= 4 is 29.1 Å². The molecule has 0 aromatic heterocycles. The first-order chi connectivity index (χ1) is 8.22. The van der Waals surface area contributed by atoms with Crippen molar-refractivity contribution < 1.29 is 0 Å². The highest BCUT2D eigenvalue weighted by Crippen LogP contribution is 2.29.